The SMILES string of the molecule is COC(=O)CC[C@@H](NC(=O)Cc1ccc(F)c(F)c1)C(N)=O. The Labute approximate surface area is 125 Å². The van der Waals surface area contributed by atoms with E-state index in [0.717, 1.165) is 12.1 Å². The largest absolute Gasteiger partial charge is 0.469 e. The molecule has 0 aromatic heterocycles. The van der Waals surface area contributed by atoms with Gasteiger partial charge in [-0.15, -0.1) is 0 Å². The van der Waals surface area contributed by atoms with E-state index in [1.54, 1.807) is 0 Å². The van der Waals surface area contributed by atoms with E-state index < -0.39 is 35.5 Å². The standard InChI is InChI=1S/C14H16F2N2O4/c1-22-13(20)5-4-11(14(17)21)18-12(19)7-8-2-3-9(15)10(16)6-8/h2-3,6,11H,4-5,7H2,1H3,(H2,17,21)(H,18,19)/t11-/m1/s1. The topological polar surface area (TPSA) is 98.5 Å². The van der Waals surface area contributed by atoms with Crippen LogP contribution < -0.4 is 11.1 Å². The molecule has 1 rings (SSSR count). The Balaban J connectivity index is 2.61. The van der Waals surface area contributed by atoms with Crippen molar-refractivity contribution >= 4 is 17.8 Å². The van der Waals surface area contributed by atoms with E-state index in [0.29, 0.717) is 0 Å². The summed E-state index contributed by atoms with van der Waals surface area (Å²) in [6.45, 7) is 0. The fraction of sp³-hybridized carbons (Fsp3) is 0.357. The highest BCUT2D eigenvalue weighted by molar-refractivity contribution is 5.87. The van der Waals surface area contributed by atoms with Gasteiger partial charge >= 0.3 is 5.97 Å². The molecule has 0 bridgehead atoms. The fourth-order valence-electron chi connectivity index (χ4n) is 1.73. The minimum Gasteiger partial charge on any atom is -0.469 e. The number of halogens is 2. The number of ether oxygens (including phenoxy) is 1. The van der Waals surface area contributed by atoms with E-state index in [9.17, 15) is 23.2 Å². The highest BCUT2D eigenvalue weighted by Crippen LogP contribution is 2.09. The Hall–Kier alpha value is -2.51. The van der Waals surface area contributed by atoms with Crippen molar-refractivity contribution in [3.05, 3.63) is 35.4 Å². The number of nitrogens with two attached hydrogens (primary N) is 1. The average molecular weight is 314 g/mol. The first-order valence-electron chi connectivity index (χ1n) is 6.43. The number of nitrogens with one attached hydrogen (secondary N) is 1. The third kappa shape index (κ3) is 5.47. The molecule has 1 aromatic carbocycles. The molecule has 0 radical (unpaired) electrons. The Bertz CT molecular complexity index is 578. The molecule has 120 valence electrons. The van der Waals surface area contributed by atoms with Crippen LogP contribution in [0.1, 0.15) is 18.4 Å². The molecular weight excluding hydrogens is 298 g/mol. The van der Waals surface area contributed by atoms with Crippen LogP contribution in [0, 0.1) is 11.6 Å². The van der Waals surface area contributed by atoms with Gasteiger partial charge in [0.2, 0.25) is 11.8 Å². The van der Waals surface area contributed by atoms with Crippen molar-refractivity contribution in [3.8, 4) is 0 Å². The van der Waals surface area contributed by atoms with E-state index >= 15 is 0 Å². The monoisotopic (exact) mass is 314 g/mol. The van der Waals surface area contributed by atoms with Gasteiger partial charge < -0.3 is 15.8 Å². The quantitative estimate of drug-likeness (QED) is 0.713. The third-order valence-corrected chi connectivity index (χ3v) is 2.89. The lowest BCUT2D eigenvalue weighted by molar-refractivity contribution is -0.141. The van der Waals surface area contributed by atoms with Crippen molar-refractivity contribution in [3.63, 3.8) is 0 Å². The molecule has 0 aliphatic heterocycles. The Kier molecular flexibility index (Phi) is 6.43. The number of benzene rings is 1. The summed E-state index contributed by atoms with van der Waals surface area (Å²) in [5.41, 5.74) is 5.38. The van der Waals surface area contributed by atoms with Crippen molar-refractivity contribution in [2.24, 2.45) is 5.73 Å². The molecule has 0 heterocycles. The molecule has 0 spiro atoms. The second kappa shape index (κ2) is 8.06. The van der Waals surface area contributed by atoms with Crippen molar-refractivity contribution < 1.29 is 27.9 Å². The van der Waals surface area contributed by atoms with E-state index in [4.69, 9.17) is 5.73 Å². The van der Waals surface area contributed by atoms with Gasteiger partial charge in [0.15, 0.2) is 11.6 Å². The molecule has 0 saturated carbocycles. The smallest absolute Gasteiger partial charge is 0.305 e. The van der Waals surface area contributed by atoms with Crippen LogP contribution >= 0.6 is 0 Å². The van der Waals surface area contributed by atoms with Crippen LogP contribution in [0.3, 0.4) is 0 Å². The highest BCUT2D eigenvalue weighted by atomic mass is 19.2. The Morgan fingerprint density at radius 1 is 1.27 bits per heavy atom. The van der Waals surface area contributed by atoms with Gasteiger partial charge in [0.05, 0.1) is 13.5 Å². The molecule has 0 aliphatic rings. The van der Waals surface area contributed by atoms with Gasteiger partial charge in [-0.3, -0.25) is 14.4 Å². The number of carbonyl (C=O) groups is 3. The number of hydrogen-bond acceptors (Lipinski definition) is 4. The predicted molar refractivity (Wildman–Crippen MR) is 72.4 cm³/mol. The molecule has 3 N–H and O–H groups in total. The van der Waals surface area contributed by atoms with Gasteiger partial charge in [-0.05, 0) is 24.1 Å². The van der Waals surface area contributed by atoms with Crippen molar-refractivity contribution in [2.75, 3.05) is 7.11 Å². The maximum Gasteiger partial charge on any atom is 0.305 e. The summed E-state index contributed by atoms with van der Waals surface area (Å²) in [5, 5.41) is 2.34. The summed E-state index contributed by atoms with van der Waals surface area (Å²) in [6, 6.07) is 2.01. The number of hydrogen-bond donors (Lipinski definition) is 2. The number of carbonyl (C=O) groups excluding carboxylic acids is 3. The number of methoxy groups -OCH3 is 1. The van der Waals surface area contributed by atoms with E-state index in [2.05, 4.69) is 10.1 Å². The van der Waals surface area contributed by atoms with Crippen LogP contribution in [0.2, 0.25) is 0 Å². The fourth-order valence-corrected chi connectivity index (χ4v) is 1.73. The van der Waals surface area contributed by atoms with Gasteiger partial charge in [-0.2, -0.15) is 0 Å². The van der Waals surface area contributed by atoms with Crippen molar-refractivity contribution in [1.29, 1.82) is 0 Å². The molecule has 0 unspecified atom stereocenters. The van der Waals surface area contributed by atoms with Gasteiger partial charge in [0, 0.05) is 6.42 Å². The summed E-state index contributed by atoms with van der Waals surface area (Å²) in [4.78, 5) is 34.0. The lowest BCUT2D eigenvalue weighted by atomic mass is 10.1. The zero-order chi connectivity index (χ0) is 16.7. The van der Waals surface area contributed by atoms with Crippen LogP contribution in [0.5, 0.6) is 0 Å². The molecule has 2 amide bonds. The van der Waals surface area contributed by atoms with Crippen molar-refractivity contribution in [1.82, 2.24) is 5.32 Å². The molecule has 6 nitrogen and oxygen atoms in total. The minimum absolute atomic E-state index is 0.00841. The van der Waals surface area contributed by atoms with Crippen LogP contribution in [0.4, 0.5) is 8.78 Å². The van der Waals surface area contributed by atoms with Crippen LogP contribution in [0.25, 0.3) is 0 Å². The van der Waals surface area contributed by atoms with Crippen LogP contribution in [-0.4, -0.2) is 30.9 Å². The summed E-state index contributed by atoms with van der Waals surface area (Å²) in [7, 11) is 1.20. The lowest BCUT2D eigenvalue weighted by Crippen LogP contribution is -2.45. The lowest BCUT2D eigenvalue weighted by Gasteiger charge is -2.15. The first-order chi connectivity index (χ1) is 10.3. The average Bonchev–Trinajstić information content (AvgIpc) is 2.46. The zero-order valence-electron chi connectivity index (χ0n) is 11.9. The van der Waals surface area contributed by atoms with Crippen LogP contribution in [0.15, 0.2) is 18.2 Å². The van der Waals surface area contributed by atoms with Gasteiger partial charge in [0.1, 0.15) is 6.04 Å². The van der Waals surface area contributed by atoms with Gasteiger partial charge in [0.25, 0.3) is 0 Å². The van der Waals surface area contributed by atoms with E-state index in [-0.39, 0.29) is 24.8 Å². The van der Waals surface area contributed by atoms with E-state index in [1.807, 2.05) is 0 Å². The Morgan fingerprint density at radius 2 is 1.95 bits per heavy atom. The van der Waals surface area contributed by atoms with Gasteiger partial charge in [-0.1, -0.05) is 6.07 Å². The maximum atomic E-state index is 13.0. The molecule has 0 saturated heterocycles. The molecule has 22 heavy (non-hydrogen) atoms. The normalized spacial score (nSPS) is 11.6. The molecule has 8 heteroatoms. The highest BCUT2D eigenvalue weighted by Gasteiger charge is 2.19. The molecule has 0 fully saturated rings. The number of rotatable bonds is 7. The number of primary amides is 1. The minimum atomic E-state index is -1.07. The summed E-state index contributed by atoms with van der Waals surface area (Å²) < 4.78 is 30.2. The van der Waals surface area contributed by atoms with Crippen molar-refractivity contribution in [2.45, 2.75) is 25.3 Å². The summed E-state index contributed by atoms with van der Waals surface area (Å²) >= 11 is 0. The Morgan fingerprint density at radius 3 is 2.50 bits per heavy atom. The molecular formula is C14H16F2N2O4. The maximum absolute atomic E-state index is 13.0. The summed E-state index contributed by atoms with van der Waals surface area (Å²) in [6.07, 6.45) is -0.347. The zero-order valence-corrected chi connectivity index (χ0v) is 11.9. The number of esters is 1. The second-order valence-corrected chi connectivity index (χ2v) is 4.56. The number of amides is 2. The predicted octanol–water partition coefficient (Wildman–Crippen LogP) is 0.431. The molecule has 1 aromatic rings. The van der Waals surface area contributed by atoms with E-state index in [1.165, 1.54) is 13.2 Å². The first kappa shape index (κ1) is 17.5. The third-order valence-electron chi connectivity index (χ3n) is 2.89. The first-order valence-corrected chi connectivity index (χ1v) is 6.43. The van der Waals surface area contributed by atoms with Crippen LogP contribution in [-0.2, 0) is 25.5 Å². The molecule has 0 aliphatic carbocycles. The summed E-state index contributed by atoms with van der Waals surface area (Å²) in [5.74, 6) is -4.02. The molecule has 1 atom stereocenters. The second-order valence-electron chi connectivity index (χ2n) is 4.56. The van der Waals surface area contributed by atoms with Gasteiger partial charge in [-0.25, -0.2) is 8.78 Å².